The highest BCUT2D eigenvalue weighted by atomic mass is 32.2. The minimum atomic E-state index is 0.0319. The first-order chi connectivity index (χ1) is 8.72. The van der Waals surface area contributed by atoms with E-state index >= 15 is 0 Å². The third-order valence-electron chi connectivity index (χ3n) is 2.33. The zero-order chi connectivity index (χ0) is 13.0. The molecule has 2 rings (SSSR count). The summed E-state index contributed by atoms with van der Waals surface area (Å²) in [7, 11) is 0. The molecule has 1 aromatic heterocycles. The summed E-state index contributed by atoms with van der Waals surface area (Å²) in [5.41, 5.74) is 0.672. The SMILES string of the molecule is C=CCN1C(=O)CS/C1=N/N=C(\C)c1ccco1. The number of rotatable bonds is 4. The number of amides is 1. The highest BCUT2D eigenvalue weighted by molar-refractivity contribution is 8.15. The van der Waals surface area contributed by atoms with Crippen LogP contribution in [0.4, 0.5) is 0 Å². The maximum Gasteiger partial charge on any atom is 0.239 e. The number of carbonyl (C=O) groups excluding carboxylic acids is 1. The Labute approximate surface area is 109 Å². The van der Waals surface area contributed by atoms with Crippen molar-refractivity contribution in [2.75, 3.05) is 12.3 Å². The van der Waals surface area contributed by atoms with Crippen LogP contribution in [0.2, 0.25) is 0 Å². The van der Waals surface area contributed by atoms with Gasteiger partial charge in [0.25, 0.3) is 0 Å². The average molecular weight is 263 g/mol. The number of carbonyl (C=O) groups is 1. The third kappa shape index (κ3) is 2.70. The summed E-state index contributed by atoms with van der Waals surface area (Å²) in [6, 6.07) is 3.60. The van der Waals surface area contributed by atoms with E-state index in [1.54, 1.807) is 23.3 Å². The van der Waals surface area contributed by atoms with Crippen molar-refractivity contribution < 1.29 is 9.21 Å². The van der Waals surface area contributed by atoms with E-state index in [-0.39, 0.29) is 5.91 Å². The molecule has 0 unspecified atom stereocenters. The standard InChI is InChI=1S/C12H13N3O2S/c1-3-6-15-11(16)8-18-12(15)14-13-9(2)10-5-4-7-17-10/h3-5,7H,1,6,8H2,2H3/b13-9+,14-12+. The maximum absolute atomic E-state index is 11.6. The molecule has 0 atom stereocenters. The Kier molecular flexibility index (Phi) is 3.99. The predicted molar refractivity (Wildman–Crippen MR) is 72.7 cm³/mol. The molecule has 1 aromatic rings. The van der Waals surface area contributed by atoms with Crippen LogP contribution in [0.25, 0.3) is 0 Å². The van der Waals surface area contributed by atoms with Crippen LogP contribution < -0.4 is 0 Å². The zero-order valence-corrected chi connectivity index (χ0v) is 10.8. The lowest BCUT2D eigenvalue weighted by Crippen LogP contribution is -2.29. The normalized spacial score (nSPS) is 18.7. The zero-order valence-electron chi connectivity index (χ0n) is 10.00. The first-order valence-corrected chi connectivity index (χ1v) is 6.41. The Morgan fingerprint density at radius 3 is 3.22 bits per heavy atom. The molecule has 1 aliphatic heterocycles. The van der Waals surface area contributed by atoms with E-state index in [1.807, 2.05) is 13.0 Å². The number of hydrogen-bond acceptors (Lipinski definition) is 5. The van der Waals surface area contributed by atoms with Crippen LogP contribution in [-0.4, -0.2) is 34.0 Å². The number of furan rings is 1. The number of thioether (sulfide) groups is 1. The Bertz CT molecular complexity index is 505. The molecule has 6 heteroatoms. The van der Waals surface area contributed by atoms with Crippen LogP contribution >= 0.6 is 11.8 Å². The van der Waals surface area contributed by atoms with E-state index < -0.39 is 0 Å². The molecule has 1 saturated heterocycles. The Balaban J connectivity index is 2.15. The summed E-state index contributed by atoms with van der Waals surface area (Å²) in [5, 5.41) is 8.77. The van der Waals surface area contributed by atoms with Crippen LogP contribution in [0, 0.1) is 0 Å². The molecular weight excluding hydrogens is 250 g/mol. The van der Waals surface area contributed by atoms with Crippen molar-refractivity contribution in [1.82, 2.24) is 4.90 Å². The lowest BCUT2D eigenvalue weighted by molar-refractivity contribution is -0.123. The van der Waals surface area contributed by atoms with Gasteiger partial charge in [-0.1, -0.05) is 17.8 Å². The van der Waals surface area contributed by atoms with E-state index in [0.29, 0.717) is 28.9 Å². The van der Waals surface area contributed by atoms with E-state index in [9.17, 15) is 4.79 Å². The second kappa shape index (κ2) is 5.68. The van der Waals surface area contributed by atoms with Gasteiger partial charge in [-0.25, -0.2) is 0 Å². The van der Waals surface area contributed by atoms with Crippen molar-refractivity contribution in [2.24, 2.45) is 10.2 Å². The second-order valence-corrected chi connectivity index (χ2v) is 4.57. The van der Waals surface area contributed by atoms with E-state index in [4.69, 9.17) is 4.42 Å². The average Bonchev–Trinajstić information content (AvgIpc) is 2.99. The molecule has 0 aliphatic carbocycles. The minimum absolute atomic E-state index is 0.0319. The quantitative estimate of drug-likeness (QED) is 0.475. The van der Waals surface area contributed by atoms with Gasteiger partial charge in [0.05, 0.1) is 12.0 Å². The van der Waals surface area contributed by atoms with Gasteiger partial charge in [0, 0.05) is 6.54 Å². The van der Waals surface area contributed by atoms with Gasteiger partial charge in [0.1, 0.15) is 11.5 Å². The largest absolute Gasteiger partial charge is 0.463 e. The van der Waals surface area contributed by atoms with E-state index in [2.05, 4.69) is 16.8 Å². The fourth-order valence-electron chi connectivity index (χ4n) is 1.43. The molecule has 0 bridgehead atoms. The number of nitrogens with zero attached hydrogens (tertiary/aromatic N) is 3. The van der Waals surface area contributed by atoms with Gasteiger partial charge >= 0.3 is 0 Å². The summed E-state index contributed by atoms with van der Waals surface area (Å²) in [6.45, 7) is 5.89. The molecule has 0 saturated carbocycles. The molecule has 1 aliphatic rings. The van der Waals surface area contributed by atoms with Crippen LogP contribution in [0.3, 0.4) is 0 Å². The van der Waals surface area contributed by atoms with Gasteiger partial charge in [-0.2, -0.15) is 0 Å². The van der Waals surface area contributed by atoms with Gasteiger partial charge in [-0.05, 0) is 19.1 Å². The van der Waals surface area contributed by atoms with Crippen LogP contribution in [0.1, 0.15) is 12.7 Å². The highest BCUT2D eigenvalue weighted by Gasteiger charge is 2.27. The first kappa shape index (κ1) is 12.6. The summed E-state index contributed by atoms with van der Waals surface area (Å²) >= 11 is 1.38. The Morgan fingerprint density at radius 1 is 1.72 bits per heavy atom. The molecule has 5 nitrogen and oxygen atoms in total. The van der Waals surface area contributed by atoms with Gasteiger partial charge in [-0.3, -0.25) is 9.69 Å². The second-order valence-electron chi connectivity index (χ2n) is 3.63. The molecule has 0 spiro atoms. The summed E-state index contributed by atoms with van der Waals surface area (Å²) < 4.78 is 5.20. The fourth-order valence-corrected chi connectivity index (χ4v) is 2.27. The summed E-state index contributed by atoms with van der Waals surface area (Å²) in [4.78, 5) is 13.1. The smallest absolute Gasteiger partial charge is 0.239 e. The van der Waals surface area contributed by atoms with Crippen LogP contribution in [-0.2, 0) is 4.79 Å². The van der Waals surface area contributed by atoms with E-state index in [0.717, 1.165) is 0 Å². The van der Waals surface area contributed by atoms with Crippen molar-refractivity contribution in [3.05, 3.63) is 36.8 Å². The van der Waals surface area contributed by atoms with Crippen LogP contribution in [0.5, 0.6) is 0 Å². The molecule has 0 aromatic carbocycles. The van der Waals surface area contributed by atoms with Crippen molar-refractivity contribution in [3.8, 4) is 0 Å². The van der Waals surface area contributed by atoms with Crippen molar-refractivity contribution in [3.63, 3.8) is 0 Å². The van der Waals surface area contributed by atoms with Gasteiger partial charge < -0.3 is 4.42 Å². The molecule has 18 heavy (non-hydrogen) atoms. The summed E-state index contributed by atoms with van der Waals surface area (Å²) in [6.07, 6.45) is 3.25. The molecule has 0 N–H and O–H groups in total. The highest BCUT2D eigenvalue weighted by Crippen LogP contribution is 2.19. The third-order valence-corrected chi connectivity index (χ3v) is 3.28. The maximum atomic E-state index is 11.6. The van der Waals surface area contributed by atoms with Crippen molar-refractivity contribution in [1.29, 1.82) is 0 Å². The van der Waals surface area contributed by atoms with Gasteiger partial charge in [0.2, 0.25) is 5.91 Å². The molecule has 1 fully saturated rings. The molecule has 94 valence electrons. The van der Waals surface area contributed by atoms with Gasteiger partial charge in [-0.15, -0.1) is 16.8 Å². The molecule has 0 radical (unpaired) electrons. The van der Waals surface area contributed by atoms with Crippen LogP contribution in [0.15, 0.2) is 45.7 Å². The molecular formula is C12H13N3O2S. The van der Waals surface area contributed by atoms with Gasteiger partial charge in [0.15, 0.2) is 5.17 Å². The Morgan fingerprint density at radius 2 is 2.56 bits per heavy atom. The Hall–Kier alpha value is -1.82. The molecule has 2 heterocycles. The molecule has 1 amide bonds. The first-order valence-electron chi connectivity index (χ1n) is 5.42. The number of hydrogen-bond donors (Lipinski definition) is 0. The topological polar surface area (TPSA) is 58.2 Å². The van der Waals surface area contributed by atoms with Crippen molar-refractivity contribution in [2.45, 2.75) is 6.92 Å². The predicted octanol–water partition coefficient (Wildman–Crippen LogP) is 2.12. The van der Waals surface area contributed by atoms with E-state index in [1.165, 1.54) is 11.8 Å². The summed E-state index contributed by atoms with van der Waals surface area (Å²) in [5.74, 6) is 1.11. The monoisotopic (exact) mass is 263 g/mol. The van der Waals surface area contributed by atoms with Crippen molar-refractivity contribution >= 4 is 28.5 Å². The fraction of sp³-hybridized carbons (Fsp3) is 0.250. The lowest BCUT2D eigenvalue weighted by Gasteiger charge is -2.11. The number of amidine groups is 1. The minimum Gasteiger partial charge on any atom is -0.463 e. The lowest BCUT2D eigenvalue weighted by atomic mass is 10.3.